The molecule has 0 heterocycles. The SMILES string of the molecule is Nc1cc2c(cc1[N+](=O)[O-])-c1cccc(F)c1C2. The van der Waals surface area contributed by atoms with Gasteiger partial charge in [-0.05, 0) is 28.8 Å². The van der Waals surface area contributed by atoms with Gasteiger partial charge in [0.15, 0.2) is 0 Å². The van der Waals surface area contributed by atoms with Gasteiger partial charge in [-0.1, -0.05) is 12.1 Å². The summed E-state index contributed by atoms with van der Waals surface area (Å²) in [5.41, 5.74) is 8.44. The Kier molecular flexibility index (Phi) is 2.10. The molecule has 1 aliphatic rings. The molecule has 2 aromatic carbocycles. The quantitative estimate of drug-likeness (QED) is 0.406. The first-order valence-corrected chi connectivity index (χ1v) is 5.42. The van der Waals surface area contributed by atoms with E-state index in [9.17, 15) is 14.5 Å². The molecule has 0 bridgehead atoms. The number of nitrogens with zero attached hydrogens (tertiary/aromatic N) is 1. The van der Waals surface area contributed by atoms with Crippen molar-refractivity contribution in [3.05, 3.63) is 57.4 Å². The first-order valence-electron chi connectivity index (χ1n) is 5.42. The normalized spacial score (nSPS) is 12.1. The molecular formula is C13H9FN2O2. The fraction of sp³-hybridized carbons (Fsp3) is 0.0769. The molecule has 2 N–H and O–H groups in total. The van der Waals surface area contributed by atoms with Gasteiger partial charge in [-0.2, -0.15) is 0 Å². The highest BCUT2D eigenvalue weighted by Gasteiger charge is 2.25. The summed E-state index contributed by atoms with van der Waals surface area (Å²) in [6.45, 7) is 0. The van der Waals surface area contributed by atoms with Crippen LogP contribution in [0, 0.1) is 15.9 Å². The second kappa shape index (κ2) is 3.53. The number of nitro groups is 1. The standard InChI is InChI=1S/C13H9FN2O2/c14-11-3-1-2-8-9-6-13(16(17)18)12(15)5-7(9)4-10(8)11/h1-3,5-6H,4,15H2. The average molecular weight is 244 g/mol. The van der Waals surface area contributed by atoms with Gasteiger partial charge in [0.1, 0.15) is 11.5 Å². The minimum atomic E-state index is -0.521. The van der Waals surface area contributed by atoms with Crippen LogP contribution in [0.3, 0.4) is 0 Å². The van der Waals surface area contributed by atoms with Crippen LogP contribution in [0.1, 0.15) is 11.1 Å². The van der Waals surface area contributed by atoms with E-state index < -0.39 is 4.92 Å². The van der Waals surface area contributed by atoms with Crippen LogP contribution in [0.25, 0.3) is 11.1 Å². The van der Waals surface area contributed by atoms with Crippen LogP contribution in [0.2, 0.25) is 0 Å². The molecule has 0 atom stereocenters. The maximum Gasteiger partial charge on any atom is 0.292 e. The average Bonchev–Trinajstić information content (AvgIpc) is 2.67. The lowest BCUT2D eigenvalue weighted by molar-refractivity contribution is -0.383. The molecule has 0 aliphatic heterocycles. The largest absolute Gasteiger partial charge is 0.393 e. The predicted molar refractivity (Wildman–Crippen MR) is 65.7 cm³/mol. The van der Waals surface area contributed by atoms with E-state index in [1.54, 1.807) is 18.2 Å². The van der Waals surface area contributed by atoms with Gasteiger partial charge in [0.25, 0.3) is 5.69 Å². The van der Waals surface area contributed by atoms with Crippen molar-refractivity contribution in [2.75, 3.05) is 5.73 Å². The molecule has 4 nitrogen and oxygen atoms in total. The van der Waals surface area contributed by atoms with Gasteiger partial charge in [0.05, 0.1) is 4.92 Å². The molecule has 18 heavy (non-hydrogen) atoms. The summed E-state index contributed by atoms with van der Waals surface area (Å²) >= 11 is 0. The van der Waals surface area contributed by atoms with E-state index in [4.69, 9.17) is 5.73 Å². The Hall–Kier alpha value is -2.43. The Bertz CT molecular complexity index is 683. The summed E-state index contributed by atoms with van der Waals surface area (Å²) in [6, 6.07) is 7.75. The molecule has 0 unspecified atom stereocenters. The number of fused-ring (bicyclic) bond motifs is 3. The maximum absolute atomic E-state index is 13.7. The Morgan fingerprint density at radius 3 is 2.78 bits per heavy atom. The molecule has 3 rings (SSSR count). The number of halogens is 1. The molecule has 90 valence electrons. The highest BCUT2D eigenvalue weighted by molar-refractivity contribution is 5.82. The van der Waals surface area contributed by atoms with Crippen LogP contribution in [-0.4, -0.2) is 4.92 Å². The third kappa shape index (κ3) is 1.37. The molecule has 0 radical (unpaired) electrons. The lowest BCUT2D eigenvalue weighted by Crippen LogP contribution is -1.97. The summed E-state index contributed by atoms with van der Waals surface area (Å²) in [6.07, 6.45) is 0.430. The summed E-state index contributed by atoms with van der Waals surface area (Å²) in [5.74, 6) is -0.287. The lowest BCUT2D eigenvalue weighted by Gasteiger charge is -2.03. The van der Waals surface area contributed by atoms with E-state index in [0.29, 0.717) is 23.1 Å². The zero-order valence-corrected chi connectivity index (χ0v) is 9.31. The van der Waals surface area contributed by atoms with Gasteiger partial charge in [0, 0.05) is 18.1 Å². The Balaban J connectivity index is 2.27. The van der Waals surface area contributed by atoms with E-state index >= 15 is 0 Å². The second-order valence-corrected chi connectivity index (χ2v) is 4.27. The summed E-state index contributed by atoms with van der Waals surface area (Å²) in [7, 11) is 0. The van der Waals surface area contributed by atoms with Crippen molar-refractivity contribution in [3.8, 4) is 11.1 Å². The highest BCUT2D eigenvalue weighted by atomic mass is 19.1. The molecule has 0 spiro atoms. The van der Waals surface area contributed by atoms with Gasteiger partial charge >= 0.3 is 0 Å². The zero-order chi connectivity index (χ0) is 12.9. The second-order valence-electron chi connectivity index (χ2n) is 4.27. The fourth-order valence-corrected chi connectivity index (χ4v) is 2.39. The first kappa shape index (κ1) is 10.7. The van der Waals surface area contributed by atoms with E-state index in [0.717, 1.165) is 5.56 Å². The first-order chi connectivity index (χ1) is 8.58. The number of nitrogen functional groups attached to an aromatic ring is 1. The number of hydrogen-bond acceptors (Lipinski definition) is 3. The van der Waals surface area contributed by atoms with E-state index in [1.807, 2.05) is 0 Å². The Morgan fingerprint density at radius 1 is 1.28 bits per heavy atom. The number of hydrogen-bond donors (Lipinski definition) is 1. The van der Waals surface area contributed by atoms with E-state index in [2.05, 4.69) is 0 Å². The highest BCUT2D eigenvalue weighted by Crippen LogP contribution is 2.41. The molecule has 5 heteroatoms. The van der Waals surface area contributed by atoms with Crippen LogP contribution in [0.5, 0.6) is 0 Å². The Labute approximate surface area is 102 Å². The van der Waals surface area contributed by atoms with Gasteiger partial charge < -0.3 is 5.73 Å². The van der Waals surface area contributed by atoms with Crippen LogP contribution in [0.4, 0.5) is 15.8 Å². The minimum absolute atomic E-state index is 0.118. The van der Waals surface area contributed by atoms with Crippen molar-refractivity contribution >= 4 is 11.4 Å². The predicted octanol–water partition coefficient (Wildman–Crippen LogP) is 2.89. The summed E-state index contributed by atoms with van der Waals surface area (Å²) in [5, 5.41) is 10.9. The monoisotopic (exact) mass is 244 g/mol. The molecule has 0 aromatic heterocycles. The van der Waals surface area contributed by atoms with Gasteiger partial charge in [-0.25, -0.2) is 4.39 Å². The van der Waals surface area contributed by atoms with Crippen LogP contribution in [0.15, 0.2) is 30.3 Å². The number of benzene rings is 2. The van der Waals surface area contributed by atoms with Crippen molar-refractivity contribution in [1.82, 2.24) is 0 Å². The molecular weight excluding hydrogens is 235 g/mol. The molecule has 0 fully saturated rings. The number of nitro benzene ring substituents is 1. The molecule has 1 aliphatic carbocycles. The fourth-order valence-electron chi connectivity index (χ4n) is 2.39. The van der Waals surface area contributed by atoms with Gasteiger partial charge in [-0.15, -0.1) is 0 Å². The van der Waals surface area contributed by atoms with Crippen molar-refractivity contribution in [3.63, 3.8) is 0 Å². The van der Waals surface area contributed by atoms with E-state index in [1.165, 1.54) is 12.1 Å². The minimum Gasteiger partial charge on any atom is -0.393 e. The molecule has 0 amide bonds. The van der Waals surface area contributed by atoms with Crippen LogP contribution >= 0.6 is 0 Å². The topological polar surface area (TPSA) is 69.2 Å². The van der Waals surface area contributed by atoms with Gasteiger partial charge in [-0.3, -0.25) is 10.1 Å². The van der Waals surface area contributed by atoms with Gasteiger partial charge in [0.2, 0.25) is 0 Å². The number of anilines is 1. The maximum atomic E-state index is 13.7. The van der Waals surface area contributed by atoms with Crippen molar-refractivity contribution in [2.24, 2.45) is 0 Å². The molecule has 2 aromatic rings. The van der Waals surface area contributed by atoms with Crippen LogP contribution in [-0.2, 0) is 6.42 Å². The van der Waals surface area contributed by atoms with Crippen molar-refractivity contribution in [2.45, 2.75) is 6.42 Å². The number of rotatable bonds is 1. The Morgan fingerprint density at radius 2 is 2.06 bits per heavy atom. The van der Waals surface area contributed by atoms with E-state index in [-0.39, 0.29) is 17.2 Å². The third-order valence-corrected chi connectivity index (χ3v) is 3.23. The molecule has 0 saturated carbocycles. The zero-order valence-electron chi connectivity index (χ0n) is 9.31. The van der Waals surface area contributed by atoms with Crippen molar-refractivity contribution in [1.29, 1.82) is 0 Å². The summed E-state index contributed by atoms with van der Waals surface area (Å²) in [4.78, 5) is 10.3. The lowest BCUT2D eigenvalue weighted by atomic mass is 10.0. The van der Waals surface area contributed by atoms with Crippen molar-refractivity contribution < 1.29 is 9.31 Å². The van der Waals surface area contributed by atoms with Crippen LogP contribution < -0.4 is 5.73 Å². The smallest absolute Gasteiger partial charge is 0.292 e. The molecule has 0 saturated heterocycles. The number of nitrogens with two attached hydrogens (primary N) is 1. The summed E-state index contributed by atoms with van der Waals surface area (Å²) < 4.78 is 13.7. The third-order valence-electron chi connectivity index (χ3n) is 3.23.